The van der Waals surface area contributed by atoms with E-state index >= 15 is 0 Å². The van der Waals surface area contributed by atoms with Gasteiger partial charge in [-0.2, -0.15) is 0 Å². The molecule has 4 nitrogen and oxygen atoms in total. The van der Waals surface area contributed by atoms with E-state index in [0.717, 1.165) is 62.4 Å². The Morgan fingerprint density at radius 3 is 2.32 bits per heavy atom. The summed E-state index contributed by atoms with van der Waals surface area (Å²) in [4.78, 5) is 17.4. The lowest BCUT2D eigenvalue weighted by Crippen LogP contribution is -2.14. The Morgan fingerprint density at radius 2 is 1.57 bits per heavy atom. The molecule has 0 unspecified atom stereocenters. The highest BCUT2D eigenvalue weighted by Crippen LogP contribution is 2.36. The van der Waals surface area contributed by atoms with Crippen LogP contribution >= 0.6 is 0 Å². The van der Waals surface area contributed by atoms with Crippen molar-refractivity contribution in [3.63, 3.8) is 0 Å². The predicted octanol–water partition coefficient (Wildman–Crippen LogP) is 8.24. The molecule has 0 spiro atoms. The average Bonchev–Trinajstić information content (AvgIpc) is 3.59. The first-order valence-electron chi connectivity index (χ1n) is 12.8. The van der Waals surface area contributed by atoms with E-state index in [-0.39, 0.29) is 5.41 Å². The van der Waals surface area contributed by atoms with Crippen LogP contribution in [0.2, 0.25) is 0 Å². The summed E-state index contributed by atoms with van der Waals surface area (Å²) in [5.74, 6) is 0. The first-order valence-corrected chi connectivity index (χ1v) is 12.8. The summed E-state index contributed by atoms with van der Waals surface area (Å²) in [6.07, 6.45) is 6.99. The number of benzene rings is 1. The van der Waals surface area contributed by atoms with Gasteiger partial charge >= 0.3 is 0 Å². The molecule has 2 aliphatic rings. The third-order valence-corrected chi connectivity index (χ3v) is 7.43. The van der Waals surface area contributed by atoms with Gasteiger partial charge in [-0.15, -0.1) is 0 Å². The van der Waals surface area contributed by atoms with Gasteiger partial charge in [0, 0.05) is 50.9 Å². The van der Waals surface area contributed by atoms with Gasteiger partial charge in [0.2, 0.25) is 0 Å². The maximum absolute atomic E-state index is 5.09. The van der Waals surface area contributed by atoms with E-state index < -0.39 is 0 Å². The number of hydrogen-bond acceptors (Lipinski definition) is 2. The molecule has 0 amide bonds. The largest absolute Gasteiger partial charge is 0.355 e. The number of nitrogens with one attached hydrogen (secondary N) is 2. The van der Waals surface area contributed by atoms with E-state index in [9.17, 15) is 0 Å². The van der Waals surface area contributed by atoms with E-state index in [1.165, 1.54) is 22.3 Å². The van der Waals surface area contributed by atoms with Gasteiger partial charge in [-0.3, -0.25) is 4.98 Å². The van der Waals surface area contributed by atoms with Crippen LogP contribution < -0.4 is 0 Å². The lowest BCUT2D eigenvalue weighted by molar-refractivity contribution is 0.543. The molecule has 4 heteroatoms. The molecule has 6 rings (SSSR count). The number of rotatable bonds is 2. The van der Waals surface area contributed by atoms with Gasteiger partial charge in [-0.05, 0) is 91.6 Å². The van der Waals surface area contributed by atoms with Crippen molar-refractivity contribution in [3.8, 4) is 11.1 Å². The molecule has 37 heavy (non-hydrogen) atoms. The monoisotopic (exact) mass is 484 g/mol. The first kappa shape index (κ1) is 23.2. The Balaban J connectivity index is 1.76. The van der Waals surface area contributed by atoms with Crippen molar-refractivity contribution in [2.24, 2.45) is 0 Å². The molecule has 4 aromatic rings. The molecule has 8 bridgehead atoms. The van der Waals surface area contributed by atoms with Crippen LogP contribution in [0.4, 0.5) is 0 Å². The maximum atomic E-state index is 5.09. The van der Waals surface area contributed by atoms with Crippen molar-refractivity contribution in [3.05, 3.63) is 100 Å². The minimum Gasteiger partial charge on any atom is -0.355 e. The molecule has 1 aromatic carbocycles. The van der Waals surface area contributed by atoms with Crippen molar-refractivity contribution < 1.29 is 0 Å². The predicted molar refractivity (Wildman–Crippen MR) is 156 cm³/mol. The number of hydrogen-bond donors (Lipinski definition) is 2. The van der Waals surface area contributed by atoms with Crippen molar-refractivity contribution in [2.45, 2.75) is 46.5 Å². The van der Waals surface area contributed by atoms with Gasteiger partial charge in [-0.25, -0.2) is 4.98 Å². The fourth-order valence-electron chi connectivity index (χ4n) is 5.76. The summed E-state index contributed by atoms with van der Waals surface area (Å²) >= 11 is 0. The fourth-order valence-corrected chi connectivity index (χ4v) is 5.76. The Kier molecular flexibility index (Phi) is 5.30. The molecule has 0 saturated carbocycles. The zero-order valence-electron chi connectivity index (χ0n) is 22.2. The summed E-state index contributed by atoms with van der Waals surface area (Å²) in [5.41, 5.74) is 15.2. The lowest BCUT2D eigenvalue weighted by Gasteiger charge is -2.15. The third-order valence-electron chi connectivity index (χ3n) is 7.43. The van der Waals surface area contributed by atoms with E-state index in [1.807, 2.05) is 6.08 Å². The average molecular weight is 485 g/mol. The molecule has 0 fully saturated rings. The van der Waals surface area contributed by atoms with E-state index in [1.54, 1.807) is 0 Å². The highest BCUT2D eigenvalue weighted by atomic mass is 14.8. The van der Waals surface area contributed by atoms with Gasteiger partial charge in [0.25, 0.3) is 0 Å². The summed E-state index contributed by atoms with van der Waals surface area (Å²) in [6.45, 7) is 15.1. The molecule has 0 saturated heterocycles. The van der Waals surface area contributed by atoms with Crippen LogP contribution in [0.5, 0.6) is 0 Å². The molecular weight excluding hydrogens is 452 g/mol. The maximum Gasteiger partial charge on any atom is 0.0737 e. The van der Waals surface area contributed by atoms with Crippen molar-refractivity contribution in [2.75, 3.05) is 0 Å². The highest BCUT2D eigenvalue weighted by molar-refractivity contribution is 5.93. The number of aryl methyl sites for hydroxylation is 3. The smallest absolute Gasteiger partial charge is 0.0737 e. The second kappa shape index (κ2) is 8.45. The van der Waals surface area contributed by atoms with Crippen LogP contribution in [0, 0.1) is 20.8 Å². The normalized spacial score (nSPS) is 14.2. The highest BCUT2D eigenvalue weighted by Gasteiger charge is 2.28. The molecule has 0 aliphatic carbocycles. The second-order valence-corrected chi connectivity index (χ2v) is 11.0. The Hall–Kier alpha value is -4.18. The molecule has 0 radical (unpaired) electrons. The zero-order valence-corrected chi connectivity index (χ0v) is 22.2. The van der Waals surface area contributed by atoms with Crippen molar-refractivity contribution in [1.29, 1.82) is 0 Å². The lowest BCUT2D eigenvalue weighted by atomic mass is 9.87. The van der Waals surface area contributed by atoms with Crippen LogP contribution in [0.1, 0.15) is 58.9 Å². The van der Waals surface area contributed by atoms with Crippen molar-refractivity contribution >= 4 is 40.3 Å². The molecule has 0 atom stereocenters. The molecule has 5 heterocycles. The van der Waals surface area contributed by atoms with Crippen LogP contribution in [0.3, 0.4) is 0 Å². The van der Waals surface area contributed by atoms with Crippen LogP contribution in [-0.2, 0) is 11.8 Å². The number of fused-ring (bicyclic) bond motifs is 8. The molecule has 2 N–H and O–H groups in total. The van der Waals surface area contributed by atoms with Crippen LogP contribution in [-0.4, -0.2) is 19.9 Å². The van der Waals surface area contributed by atoms with Gasteiger partial charge in [0.1, 0.15) is 0 Å². The second-order valence-electron chi connectivity index (χ2n) is 11.0. The zero-order chi connectivity index (χ0) is 25.9. The molecule has 3 aromatic heterocycles. The van der Waals surface area contributed by atoms with Crippen LogP contribution in [0.15, 0.2) is 55.1 Å². The van der Waals surface area contributed by atoms with Gasteiger partial charge in [0.05, 0.1) is 11.4 Å². The molecular formula is C33H32N4. The number of nitrogens with zero attached hydrogens (tertiary/aromatic N) is 2. The van der Waals surface area contributed by atoms with E-state index in [0.29, 0.717) is 0 Å². The Morgan fingerprint density at radius 1 is 0.811 bits per heavy atom. The molecule has 184 valence electrons. The number of aromatic nitrogens is 4. The van der Waals surface area contributed by atoms with Gasteiger partial charge in [0.15, 0.2) is 0 Å². The van der Waals surface area contributed by atoms with Gasteiger partial charge < -0.3 is 9.97 Å². The Labute approximate surface area is 217 Å². The van der Waals surface area contributed by atoms with Crippen molar-refractivity contribution in [1.82, 2.24) is 19.9 Å². The summed E-state index contributed by atoms with van der Waals surface area (Å²) in [7, 11) is 0. The summed E-state index contributed by atoms with van der Waals surface area (Å²) < 4.78 is 0. The van der Waals surface area contributed by atoms with E-state index in [4.69, 9.17) is 9.97 Å². The first-order chi connectivity index (χ1) is 17.7. The van der Waals surface area contributed by atoms with Gasteiger partial charge in [-0.1, -0.05) is 44.2 Å². The Bertz CT molecular complexity index is 1750. The third kappa shape index (κ3) is 4.13. The molecule has 2 aliphatic heterocycles. The standard InChI is InChI=1S/C33H32N4/c1-7-22-14-25-17-30-33(5,6)18-26(37-30)15-23-8-10-27(34-23)32(31-20(3)12-19(2)13-21(31)4)28-11-9-24(35-28)16-29(22)36-25/h7-17,34,36H,1,18H2,2-6H3. The van der Waals surface area contributed by atoms with Crippen LogP contribution in [0.25, 0.3) is 51.4 Å². The quantitative estimate of drug-likeness (QED) is 0.265. The number of aromatic amines is 2. The minimum absolute atomic E-state index is 0.0479. The minimum atomic E-state index is -0.0479. The topological polar surface area (TPSA) is 57.4 Å². The number of H-pyrrole nitrogens is 2. The summed E-state index contributed by atoms with van der Waals surface area (Å²) in [5, 5.41) is 0. The fraction of sp³-hybridized carbons (Fsp3) is 0.212. The van der Waals surface area contributed by atoms with E-state index in [2.05, 4.69) is 112 Å². The SMILES string of the molecule is C=Cc1cc2cc3nc(cc4ccc([nH]4)c(-c4c(C)cc(C)cc4C)c4nc(cc1[nH]2)C=C4)CC3(C)C. The summed E-state index contributed by atoms with van der Waals surface area (Å²) in [6, 6.07) is 17.4.